The predicted octanol–water partition coefficient (Wildman–Crippen LogP) is 3.12. The smallest absolute Gasteiger partial charge is 0.132 e. The van der Waals surface area contributed by atoms with Crippen molar-refractivity contribution < 1.29 is 9.53 Å². The second-order valence-electron chi connectivity index (χ2n) is 3.99. The molecule has 0 N–H and O–H groups in total. The summed E-state index contributed by atoms with van der Waals surface area (Å²) in [4.78, 5) is 10.6. The highest BCUT2D eigenvalue weighted by atomic mass is 16.5. The first-order valence-electron chi connectivity index (χ1n) is 5.26. The van der Waals surface area contributed by atoms with Gasteiger partial charge in [-0.1, -0.05) is 11.6 Å². The van der Waals surface area contributed by atoms with Crippen LogP contribution in [-0.2, 0) is 9.53 Å². The highest BCUT2D eigenvalue weighted by Crippen LogP contribution is 2.05. The molecule has 0 aromatic carbocycles. The van der Waals surface area contributed by atoms with E-state index in [0.29, 0.717) is 13.0 Å². The second kappa shape index (κ2) is 7.74. The Hall–Kier alpha value is -0.630. The molecule has 2 heteroatoms. The molecular formula is C12H22O2. The Kier molecular flexibility index (Phi) is 7.40. The number of allylic oxidation sites excluding steroid dienone is 2. The zero-order chi connectivity index (χ0) is 11.0. The molecule has 0 aliphatic carbocycles. The summed E-state index contributed by atoms with van der Waals surface area (Å²) in [5.41, 5.74) is 1.35. The summed E-state index contributed by atoms with van der Waals surface area (Å²) >= 11 is 0. The Morgan fingerprint density at radius 2 is 2.00 bits per heavy atom. The highest BCUT2D eigenvalue weighted by molar-refractivity contribution is 5.75. The van der Waals surface area contributed by atoms with Crippen LogP contribution in [0.5, 0.6) is 0 Å². The van der Waals surface area contributed by atoms with E-state index in [1.54, 1.807) is 6.92 Å². The van der Waals surface area contributed by atoms with Gasteiger partial charge in [-0.15, -0.1) is 0 Å². The summed E-state index contributed by atoms with van der Waals surface area (Å²) in [6.45, 7) is 8.41. The molecule has 0 heterocycles. The summed E-state index contributed by atoms with van der Waals surface area (Å²) in [5.74, 6) is 0.196. The minimum absolute atomic E-state index is 0.196. The molecule has 0 rings (SSSR count). The molecule has 0 fully saturated rings. The molecule has 1 atom stereocenters. The summed E-state index contributed by atoms with van der Waals surface area (Å²) in [6.07, 6.45) is 5.09. The molecule has 0 spiro atoms. The Morgan fingerprint density at radius 3 is 2.50 bits per heavy atom. The van der Waals surface area contributed by atoms with Crippen LogP contribution in [0.3, 0.4) is 0 Å². The topological polar surface area (TPSA) is 26.3 Å². The molecule has 82 valence electrons. The quantitative estimate of drug-likeness (QED) is 0.587. The first-order chi connectivity index (χ1) is 6.52. The lowest BCUT2D eigenvalue weighted by Gasteiger charge is -2.10. The van der Waals surface area contributed by atoms with Crippen LogP contribution < -0.4 is 0 Å². The monoisotopic (exact) mass is 198 g/mol. The number of hydrogen-bond donors (Lipinski definition) is 0. The number of rotatable bonds is 7. The van der Waals surface area contributed by atoms with Crippen LogP contribution in [0.4, 0.5) is 0 Å². The van der Waals surface area contributed by atoms with E-state index in [9.17, 15) is 4.79 Å². The molecular weight excluding hydrogens is 176 g/mol. The van der Waals surface area contributed by atoms with Gasteiger partial charge in [0.15, 0.2) is 0 Å². The second-order valence-corrected chi connectivity index (χ2v) is 3.99. The van der Waals surface area contributed by atoms with Crippen molar-refractivity contribution in [3.05, 3.63) is 11.6 Å². The molecule has 0 aromatic heterocycles. The van der Waals surface area contributed by atoms with Crippen molar-refractivity contribution in [2.75, 3.05) is 6.61 Å². The van der Waals surface area contributed by atoms with Crippen LogP contribution in [0.15, 0.2) is 11.6 Å². The number of carbonyl (C=O) groups is 1. The molecule has 0 saturated heterocycles. The minimum Gasteiger partial charge on any atom is -0.378 e. The Bertz CT molecular complexity index is 190. The van der Waals surface area contributed by atoms with Gasteiger partial charge in [0.1, 0.15) is 5.78 Å². The van der Waals surface area contributed by atoms with E-state index in [1.807, 2.05) is 0 Å². The molecule has 0 bridgehead atoms. The third-order valence-electron chi connectivity index (χ3n) is 1.98. The van der Waals surface area contributed by atoms with Gasteiger partial charge >= 0.3 is 0 Å². The third-order valence-corrected chi connectivity index (χ3v) is 1.98. The fourth-order valence-corrected chi connectivity index (χ4v) is 1.09. The summed E-state index contributed by atoms with van der Waals surface area (Å²) in [6, 6.07) is 0. The normalized spacial score (nSPS) is 12.3. The van der Waals surface area contributed by atoms with Crippen molar-refractivity contribution in [1.29, 1.82) is 0 Å². The van der Waals surface area contributed by atoms with Gasteiger partial charge < -0.3 is 4.74 Å². The zero-order valence-corrected chi connectivity index (χ0v) is 9.80. The predicted molar refractivity (Wildman–Crippen MR) is 59.4 cm³/mol. The number of ketones is 1. The van der Waals surface area contributed by atoms with Crippen LogP contribution in [0.1, 0.15) is 47.0 Å². The van der Waals surface area contributed by atoms with E-state index < -0.39 is 0 Å². The molecule has 0 aliphatic rings. The van der Waals surface area contributed by atoms with Crippen LogP contribution in [0, 0.1) is 0 Å². The zero-order valence-electron chi connectivity index (χ0n) is 9.80. The van der Waals surface area contributed by atoms with Gasteiger partial charge in [-0.25, -0.2) is 0 Å². The van der Waals surface area contributed by atoms with Crippen molar-refractivity contribution >= 4 is 5.78 Å². The first kappa shape index (κ1) is 13.4. The Morgan fingerprint density at radius 1 is 1.36 bits per heavy atom. The van der Waals surface area contributed by atoms with Crippen molar-refractivity contribution in [2.45, 2.75) is 53.1 Å². The van der Waals surface area contributed by atoms with E-state index in [2.05, 4.69) is 26.8 Å². The maximum absolute atomic E-state index is 10.6. The van der Waals surface area contributed by atoms with E-state index >= 15 is 0 Å². The number of carbonyl (C=O) groups excluding carboxylic acids is 1. The number of Topliss-reactive ketones (excluding diaryl/α,β-unsaturated/α-hetero) is 1. The third kappa shape index (κ3) is 9.46. The summed E-state index contributed by atoms with van der Waals surface area (Å²) < 4.78 is 5.48. The van der Waals surface area contributed by atoms with Crippen LogP contribution in [0.2, 0.25) is 0 Å². The standard InChI is InChI=1S/C12H22O2/c1-10(2)6-5-7-12(4)14-9-8-11(3)13/h6,12H,5,7-9H2,1-4H3. The minimum atomic E-state index is 0.196. The molecule has 0 aromatic rings. The maximum Gasteiger partial charge on any atom is 0.132 e. The van der Waals surface area contributed by atoms with Crippen molar-refractivity contribution in [1.82, 2.24) is 0 Å². The van der Waals surface area contributed by atoms with Gasteiger partial charge in [0, 0.05) is 6.42 Å². The molecule has 1 unspecified atom stereocenters. The Balaban J connectivity index is 3.41. The number of ether oxygens (including phenoxy) is 1. The lowest BCUT2D eigenvalue weighted by molar-refractivity contribution is -0.118. The number of hydrogen-bond acceptors (Lipinski definition) is 2. The maximum atomic E-state index is 10.6. The van der Waals surface area contributed by atoms with Crippen molar-refractivity contribution in [3.63, 3.8) is 0 Å². The van der Waals surface area contributed by atoms with Gasteiger partial charge in [-0.2, -0.15) is 0 Å². The van der Waals surface area contributed by atoms with E-state index in [4.69, 9.17) is 4.74 Å². The average Bonchev–Trinajstić information content (AvgIpc) is 2.02. The van der Waals surface area contributed by atoms with Crippen LogP contribution in [0.25, 0.3) is 0 Å². The largest absolute Gasteiger partial charge is 0.378 e. The lowest BCUT2D eigenvalue weighted by Crippen LogP contribution is -2.10. The van der Waals surface area contributed by atoms with Crippen molar-refractivity contribution in [3.8, 4) is 0 Å². The first-order valence-corrected chi connectivity index (χ1v) is 5.26. The van der Waals surface area contributed by atoms with Crippen LogP contribution >= 0.6 is 0 Å². The average molecular weight is 198 g/mol. The molecule has 0 saturated carbocycles. The fraction of sp³-hybridized carbons (Fsp3) is 0.750. The SMILES string of the molecule is CC(=O)CCOC(C)CCC=C(C)C. The van der Waals surface area contributed by atoms with E-state index in [1.165, 1.54) is 5.57 Å². The molecule has 0 aliphatic heterocycles. The molecule has 14 heavy (non-hydrogen) atoms. The van der Waals surface area contributed by atoms with Crippen molar-refractivity contribution in [2.24, 2.45) is 0 Å². The van der Waals surface area contributed by atoms with Gasteiger partial charge in [0.2, 0.25) is 0 Å². The molecule has 0 radical (unpaired) electrons. The van der Waals surface area contributed by atoms with Gasteiger partial charge in [-0.3, -0.25) is 4.79 Å². The van der Waals surface area contributed by atoms with E-state index in [0.717, 1.165) is 12.8 Å². The highest BCUT2D eigenvalue weighted by Gasteiger charge is 2.01. The van der Waals surface area contributed by atoms with Crippen LogP contribution in [-0.4, -0.2) is 18.5 Å². The lowest BCUT2D eigenvalue weighted by atomic mass is 10.2. The van der Waals surface area contributed by atoms with Gasteiger partial charge in [0.25, 0.3) is 0 Å². The molecule has 0 amide bonds. The van der Waals surface area contributed by atoms with E-state index in [-0.39, 0.29) is 11.9 Å². The van der Waals surface area contributed by atoms with Gasteiger partial charge in [0.05, 0.1) is 12.7 Å². The fourth-order valence-electron chi connectivity index (χ4n) is 1.09. The van der Waals surface area contributed by atoms with Gasteiger partial charge in [-0.05, 0) is 40.5 Å². The summed E-state index contributed by atoms with van der Waals surface area (Å²) in [5, 5.41) is 0. The summed E-state index contributed by atoms with van der Waals surface area (Å²) in [7, 11) is 0. The Labute approximate surface area is 87.3 Å². The molecule has 2 nitrogen and oxygen atoms in total.